The smallest absolute Gasteiger partial charge is 0.225 e. The maximum atomic E-state index is 5.99. The number of piperazine rings is 1. The van der Waals surface area contributed by atoms with E-state index < -0.39 is 0 Å². The molecule has 1 fully saturated rings. The van der Waals surface area contributed by atoms with Gasteiger partial charge in [-0.1, -0.05) is 13.3 Å². The first-order valence-corrected chi connectivity index (χ1v) is 7.16. The van der Waals surface area contributed by atoms with Gasteiger partial charge >= 0.3 is 0 Å². The standard InChI is InChI=1S/C14H25N5/c1-3-5-14(2,12-15)19-10-8-18(9-11-19)13-16-6-4-7-17-13/h4,6-7H,3,5,8-12,15H2,1-2H3. The van der Waals surface area contributed by atoms with Crippen molar-refractivity contribution in [3.8, 4) is 0 Å². The van der Waals surface area contributed by atoms with Crippen molar-refractivity contribution in [1.82, 2.24) is 14.9 Å². The second-order valence-corrected chi connectivity index (χ2v) is 5.47. The van der Waals surface area contributed by atoms with Gasteiger partial charge < -0.3 is 10.6 Å². The van der Waals surface area contributed by atoms with Crippen LogP contribution in [-0.4, -0.2) is 53.1 Å². The van der Waals surface area contributed by atoms with Gasteiger partial charge in [0.2, 0.25) is 5.95 Å². The van der Waals surface area contributed by atoms with Crippen molar-refractivity contribution in [2.45, 2.75) is 32.2 Å². The normalized spacial score (nSPS) is 20.3. The lowest BCUT2D eigenvalue weighted by Gasteiger charge is -2.45. The summed E-state index contributed by atoms with van der Waals surface area (Å²) >= 11 is 0. The van der Waals surface area contributed by atoms with E-state index in [-0.39, 0.29) is 5.54 Å². The number of hydrogen-bond acceptors (Lipinski definition) is 5. The number of nitrogens with zero attached hydrogens (tertiary/aromatic N) is 4. The van der Waals surface area contributed by atoms with Gasteiger partial charge in [-0.25, -0.2) is 9.97 Å². The quantitative estimate of drug-likeness (QED) is 0.862. The third-order valence-corrected chi connectivity index (χ3v) is 4.11. The van der Waals surface area contributed by atoms with Crippen LogP contribution in [0.15, 0.2) is 18.5 Å². The average molecular weight is 263 g/mol. The number of hydrogen-bond donors (Lipinski definition) is 1. The first kappa shape index (κ1) is 14.2. The van der Waals surface area contributed by atoms with Gasteiger partial charge in [0.1, 0.15) is 0 Å². The molecule has 1 atom stereocenters. The highest BCUT2D eigenvalue weighted by molar-refractivity contribution is 5.29. The van der Waals surface area contributed by atoms with Crippen molar-refractivity contribution in [2.24, 2.45) is 5.73 Å². The lowest BCUT2D eigenvalue weighted by atomic mass is 9.93. The first-order valence-electron chi connectivity index (χ1n) is 7.16. The van der Waals surface area contributed by atoms with E-state index in [1.807, 2.05) is 6.07 Å². The Morgan fingerprint density at radius 1 is 1.21 bits per heavy atom. The third kappa shape index (κ3) is 3.22. The fraction of sp³-hybridized carbons (Fsp3) is 0.714. The number of rotatable bonds is 5. The predicted molar refractivity (Wildman–Crippen MR) is 78.2 cm³/mol. The second-order valence-electron chi connectivity index (χ2n) is 5.47. The molecule has 0 amide bonds. The molecule has 0 bridgehead atoms. The lowest BCUT2D eigenvalue weighted by molar-refractivity contribution is 0.0931. The molecule has 0 saturated carbocycles. The van der Waals surface area contributed by atoms with Gasteiger partial charge in [0.05, 0.1) is 0 Å². The van der Waals surface area contributed by atoms with Crippen molar-refractivity contribution in [2.75, 3.05) is 37.6 Å². The summed E-state index contributed by atoms with van der Waals surface area (Å²) in [5.74, 6) is 0.840. The molecule has 0 radical (unpaired) electrons. The lowest BCUT2D eigenvalue weighted by Crippen LogP contribution is -2.59. The van der Waals surface area contributed by atoms with Gasteiger partial charge in [-0.05, 0) is 19.4 Å². The molecule has 1 aromatic rings. The summed E-state index contributed by atoms with van der Waals surface area (Å²) in [6.07, 6.45) is 5.94. The Morgan fingerprint density at radius 3 is 2.37 bits per heavy atom. The van der Waals surface area contributed by atoms with Crippen molar-refractivity contribution < 1.29 is 0 Å². The molecule has 5 heteroatoms. The summed E-state index contributed by atoms with van der Waals surface area (Å²) in [6.45, 7) is 9.25. The Morgan fingerprint density at radius 2 is 1.84 bits per heavy atom. The van der Waals surface area contributed by atoms with Gasteiger partial charge in [-0.15, -0.1) is 0 Å². The van der Waals surface area contributed by atoms with E-state index in [1.54, 1.807) is 12.4 Å². The molecule has 1 unspecified atom stereocenters. The van der Waals surface area contributed by atoms with Crippen LogP contribution in [0, 0.1) is 0 Å². The van der Waals surface area contributed by atoms with Crippen molar-refractivity contribution in [3.63, 3.8) is 0 Å². The summed E-state index contributed by atoms with van der Waals surface area (Å²) in [5, 5.41) is 0. The highest BCUT2D eigenvalue weighted by Crippen LogP contribution is 2.22. The minimum atomic E-state index is 0.137. The minimum absolute atomic E-state index is 0.137. The topological polar surface area (TPSA) is 58.3 Å². The first-order chi connectivity index (χ1) is 9.19. The molecule has 106 valence electrons. The second kappa shape index (κ2) is 6.30. The third-order valence-electron chi connectivity index (χ3n) is 4.11. The van der Waals surface area contributed by atoms with Crippen LogP contribution in [0.25, 0.3) is 0 Å². The Bertz CT molecular complexity index is 375. The molecule has 5 nitrogen and oxygen atoms in total. The molecule has 1 saturated heterocycles. The van der Waals surface area contributed by atoms with E-state index in [0.29, 0.717) is 0 Å². The van der Waals surface area contributed by atoms with Gasteiger partial charge in [0, 0.05) is 50.7 Å². The highest BCUT2D eigenvalue weighted by atomic mass is 15.3. The number of nitrogens with two attached hydrogens (primary N) is 1. The van der Waals surface area contributed by atoms with Crippen LogP contribution in [0.1, 0.15) is 26.7 Å². The van der Waals surface area contributed by atoms with Crippen molar-refractivity contribution >= 4 is 5.95 Å². The molecule has 1 aromatic heterocycles. The van der Waals surface area contributed by atoms with Gasteiger partial charge in [-0.3, -0.25) is 4.90 Å². The molecule has 0 spiro atoms. The van der Waals surface area contributed by atoms with Crippen molar-refractivity contribution in [1.29, 1.82) is 0 Å². The molecule has 2 rings (SSSR count). The molecule has 0 aliphatic carbocycles. The summed E-state index contributed by atoms with van der Waals surface area (Å²) in [6, 6.07) is 1.85. The van der Waals surface area contributed by atoms with E-state index >= 15 is 0 Å². The van der Waals surface area contributed by atoms with Crippen molar-refractivity contribution in [3.05, 3.63) is 18.5 Å². The average Bonchev–Trinajstić information content (AvgIpc) is 2.48. The molecule has 19 heavy (non-hydrogen) atoms. The fourth-order valence-corrected chi connectivity index (χ4v) is 2.83. The van der Waals surface area contributed by atoms with Gasteiger partial charge in [-0.2, -0.15) is 0 Å². The zero-order chi connectivity index (χ0) is 13.7. The Labute approximate surface area is 115 Å². The molecule has 2 N–H and O–H groups in total. The van der Waals surface area contributed by atoms with Crippen LogP contribution < -0.4 is 10.6 Å². The van der Waals surface area contributed by atoms with Crippen LogP contribution in [0.5, 0.6) is 0 Å². The highest BCUT2D eigenvalue weighted by Gasteiger charge is 2.32. The summed E-state index contributed by atoms with van der Waals surface area (Å²) in [7, 11) is 0. The Hall–Kier alpha value is -1.20. The summed E-state index contributed by atoms with van der Waals surface area (Å²) in [5.41, 5.74) is 6.13. The van der Waals surface area contributed by atoms with E-state index in [1.165, 1.54) is 6.42 Å². The maximum absolute atomic E-state index is 5.99. The summed E-state index contributed by atoms with van der Waals surface area (Å²) in [4.78, 5) is 13.4. The van der Waals surface area contributed by atoms with Crippen LogP contribution in [0.3, 0.4) is 0 Å². The molecular formula is C14H25N5. The Balaban J connectivity index is 1.95. The molecule has 1 aliphatic rings. The van der Waals surface area contributed by atoms with Gasteiger partial charge in [0.15, 0.2) is 0 Å². The molecule has 1 aliphatic heterocycles. The summed E-state index contributed by atoms with van der Waals surface area (Å²) < 4.78 is 0. The number of anilines is 1. The SMILES string of the molecule is CCCC(C)(CN)N1CCN(c2ncccn2)CC1. The van der Waals surface area contributed by atoms with E-state index in [4.69, 9.17) is 5.73 Å². The zero-order valence-corrected chi connectivity index (χ0v) is 12.0. The van der Waals surface area contributed by atoms with E-state index in [9.17, 15) is 0 Å². The van der Waals surface area contributed by atoms with E-state index in [0.717, 1.165) is 45.1 Å². The molecule has 0 aromatic carbocycles. The van der Waals surface area contributed by atoms with Crippen LogP contribution in [-0.2, 0) is 0 Å². The largest absolute Gasteiger partial charge is 0.338 e. The Kier molecular flexibility index (Phi) is 4.71. The molecule has 2 heterocycles. The minimum Gasteiger partial charge on any atom is -0.338 e. The van der Waals surface area contributed by atoms with Crippen LogP contribution in [0.2, 0.25) is 0 Å². The maximum Gasteiger partial charge on any atom is 0.225 e. The van der Waals surface area contributed by atoms with Crippen LogP contribution in [0.4, 0.5) is 5.95 Å². The van der Waals surface area contributed by atoms with Crippen LogP contribution >= 0.6 is 0 Å². The van der Waals surface area contributed by atoms with E-state index in [2.05, 4.69) is 33.6 Å². The van der Waals surface area contributed by atoms with Gasteiger partial charge in [0.25, 0.3) is 0 Å². The molecular weight excluding hydrogens is 238 g/mol. The monoisotopic (exact) mass is 263 g/mol. The zero-order valence-electron chi connectivity index (χ0n) is 12.0. The predicted octanol–water partition coefficient (Wildman–Crippen LogP) is 1.12. The fourth-order valence-electron chi connectivity index (χ4n) is 2.83. The number of aromatic nitrogens is 2.